The summed E-state index contributed by atoms with van der Waals surface area (Å²) in [5, 5.41) is 9.53. The summed E-state index contributed by atoms with van der Waals surface area (Å²) in [6.45, 7) is 4.61. The SMILES string of the molecule is N#Cc1ccc(OC2CC3CCC(C2)N3C(=O)c2ccc(N3CCC(CN4Cc5cc(C=O)c(C=O)cc5C4)CC3)cc2)cc1Cl. The summed E-state index contributed by atoms with van der Waals surface area (Å²) in [5.41, 5.74) is 5.58. The van der Waals surface area contributed by atoms with Gasteiger partial charge >= 0.3 is 0 Å². The molecular weight excluding hydrogens is 600 g/mol. The van der Waals surface area contributed by atoms with Crippen molar-refractivity contribution in [2.75, 3.05) is 24.5 Å². The molecule has 1 amide bonds. The minimum Gasteiger partial charge on any atom is -0.490 e. The number of ether oxygens (including phenoxy) is 1. The van der Waals surface area contributed by atoms with E-state index in [0.717, 1.165) is 106 Å². The summed E-state index contributed by atoms with van der Waals surface area (Å²) in [4.78, 5) is 43.3. The number of fused-ring (bicyclic) bond motifs is 3. The summed E-state index contributed by atoms with van der Waals surface area (Å²) >= 11 is 6.20. The maximum Gasteiger partial charge on any atom is 0.254 e. The molecule has 0 aliphatic carbocycles. The quantitative estimate of drug-likeness (QED) is 0.269. The average Bonchev–Trinajstić information content (AvgIpc) is 3.59. The van der Waals surface area contributed by atoms with Crippen LogP contribution in [0.1, 0.15) is 86.3 Å². The molecule has 2 unspecified atom stereocenters. The van der Waals surface area contributed by atoms with Gasteiger partial charge in [-0.1, -0.05) is 11.6 Å². The zero-order valence-electron chi connectivity index (χ0n) is 25.7. The molecule has 4 aliphatic heterocycles. The number of piperidine rings is 2. The summed E-state index contributed by atoms with van der Waals surface area (Å²) < 4.78 is 6.25. The van der Waals surface area contributed by atoms with Crippen LogP contribution < -0.4 is 9.64 Å². The fourth-order valence-electron chi connectivity index (χ4n) is 8.00. The van der Waals surface area contributed by atoms with Gasteiger partial charge in [0.05, 0.1) is 10.6 Å². The Morgan fingerprint density at radius 3 is 2.09 bits per heavy atom. The number of aldehydes is 2. The molecule has 3 fully saturated rings. The predicted molar refractivity (Wildman–Crippen MR) is 176 cm³/mol. The van der Waals surface area contributed by atoms with Gasteiger partial charge in [0.15, 0.2) is 12.6 Å². The maximum absolute atomic E-state index is 13.7. The number of nitriles is 1. The van der Waals surface area contributed by atoms with Crippen molar-refractivity contribution >= 4 is 35.8 Å². The molecule has 8 nitrogen and oxygen atoms in total. The monoisotopic (exact) mass is 636 g/mol. The molecule has 3 aromatic carbocycles. The van der Waals surface area contributed by atoms with Crippen LogP contribution in [0.2, 0.25) is 5.02 Å². The summed E-state index contributed by atoms with van der Waals surface area (Å²) in [7, 11) is 0. The third kappa shape index (κ3) is 6.02. The van der Waals surface area contributed by atoms with Gasteiger partial charge in [-0.05, 0) is 91.3 Å². The van der Waals surface area contributed by atoms with Crippen LogP contribution in [0.3, 0.4) is 0 Å². The van der Waals surface area contributed by atoms with E-state index in [1.54, 1.807) is 18.2 Å². The van der Waals surface area contributed by atoms with Gasteiger partial charge in [-0.2, -0.15) is 5.26 Å². The fourth-order valence-corrected chi connectivity index (χ4v) is 8.22. The molecule has 2 bridgehead atoms. The van der Waals surface area contributed by atoms with E-state index < -0.39 is 0 Å². The van der Waals surface area contributed by atoms with Gasteiger partial charge in [-0.15, -0.1) is 0 Å². The molecule has 3 aromatic rings. The lowest BCUT2D eigenvalue weighted by Gasteiger charge is -2.39. The summed E-state index contributed by atoms with van der Waals surface area (Å²) in [5.74, 6) is 1.36. The molecular formula is C37H37ClN4O4. The lowest BCUT2D eigenvalue weighted by atomic mass is 9.95. The van der Waals surface area contributed by atoms with Gasteiger partial charge < -0.3 is 14.5 Å². The lowest BCUT2D eigenvalue weighted by molar-refractivity contribution is 0.0359. The Morgan fingerprint density at radius 1 is 0.891 bits per heavy atom. The van der Waals surface area contributed by atoms with Crippen molar-refractivity contribution in [2.24, 2.45) is 5.92 Å². The highest BCUT2D eigenvalue weighted by atomic mass is 35.5. The molecule has 9 heteroatoms. The smallest absolute Gasteiger partial charge is 0.254 e. The van der Waals surface area contributed by atoms with Gasteiger partial charge in [0.1, 0.15) is 17.9 Å². The highest BCUT2D eigenvalue weighted by Gasteiger charge is 2.44. The molecule has 0 radical (unpaired) electrons. The first-order chi connectivity index (χ1) is 22.4. The van der Waals surface area contributed by atoms with Crippen LogP contribution in [0.4, 0.5) is 5.69 Å². The Hall–Kier alpha value is -4.19. The van der Waals surface area contributed by atoms with Crippen molar-refractivity contribution in [1.29, 1.82) is 5.26 Å². The van der Waals surface area contributed by atoms with E-state index in [9.17, 15) is 14.4 Å². The first-order valence-corrected chi connectivity index (χ1v) is 16.6. The van der Waals surface area contributed by atoms with Crippen molar-refractivity contribution in [2.45, 2.75) is 69.8 Å². The Balaban J connectivity index is 0.907. The summed E-state index contributed by atoms with van der Waals surface area (Å²) in [6.07, 6.45) is 7.30. The van der Waals surface area contributed by atoms with Gasteiger partial charge in [-0.3, -0.25) is 19.3 Å². The minimum atomic E-state index is 0.0160. The number of halogens is 1. The zero-order valence-corrected chi connectivity index (χ0v) is 26.5. The molecule has 0 spiro atoms. The van der Waals surface area contributed by atoms with Crippen molar-refractivity contribution in [3.05, 3.63) is 93.0 Å². The molecule has 7 rings (SSSR count). The van der Waals surface area contributed by atoms with Crippen LogP contribution in [-0.4, -0.2) is 66.1 Å². The first-order valence-electron chi connectivity index (χ1n) is 16.2. The number of rotatable bonds is 8. The van der Waals surface area contributed by atoms with E-state index in [-0.39, 0.29) is 24.1 Å². The number of carbonyl (C=O) groups is 3. The number of nitrogens with zero attached hydrogens (tertiary/aromatic N) is 4. The molecule has 4 aliphatic rings. The summed E-state index contributed by atoms with van der Waals surface area (Å²) in [6, 6.07) is 19.5. The van der Waals surface area contributed by atoms with Gasteiger partial charge in [0.2, 0.25) is 0 Å². The molecule has 0 saturated carbocycles. The standard InChI is InChI=1S/C37H37ClN4O4/c38-36-17-34(8-3-26(36)18-39)46-35-15-32-6-7-33(16-35)42(32)37(45)25-1-4-31(5-2-25)41-11-9-24(10-12-41)19-40-20-27-13-29(22-43)30(23-44)14-28(27)21-40/h1-5,8,13-14,17,22-24,32-33,35H,6-7,9-12,15-16,19-21H2. The van der Waals surface area contributed by atoms with E-state index in [0.29, 0.717) is 33.4 Å². The van der Waals surface area contributed by atoms with E-state index in [2.05, 4.69) is 32.9 Å². The van der Waals surface area contributed by atoms with Crippen molar-refractivity contribution in [3.63, 3.8) is 0 Å². The van der Waals surface area contributed by atoms with Crippen LogP contribution in [0, 0.1) is 17.2 Å². The number of carbonyl (C=O) groups excluding carboxylic acids is 3. The van der Waals surface area contributed by atoms with Crippen LogP contribution in [0.25, 0.3) is 0 Å². The van der Waals surface area contributed by atoms with Gasteiger partial charge in [0, 0.05) is 86.1 Å². The van der Waals surface area contributed by atoms with E-state index >= 15 is 0 Å². The van der Waals surface area contributed by atoms with Crippen LogP contribution in [-0.2, 0) is 13.1 Å². The molecule has 46 heavy (non-hydrogen) atoms. The minimum absolute atomic E-state index is 0.0160. The van der Waals surface area contributed by atoms with Crippen molar-refractivity contribution < 1.29 is 19.1 Å². The van der Waals surface area contributed by atoms with E-state index in [4.69, 9.17) is 21.6 Å². The Kier molecular flexibility index (Phi) is 8.54. The number of amides is 1. The second-order valence-electron chi connectivity index (χ2n) is 13.2. The zero-order chi connectivity index (χ0) is 31.8. The highest BCUT2D eigenvalue weighted by Crippen LogP contribution is 2.39. The first kappa shape index (κ1) is 30.5. The second-order valence-corrected chi connectivity index (χ2v) is 13.6. The van der Waals surface area contributed by atoms with Gasteiger partial charge in [0.25, 0.3) is 5.91 Å². The highest BCUT2D eigenvalue weighted by molar-refractivity contribution is 6.31. The lowest BCUT2D eigenvalue weighted by Crippen LogP contribution is -2.49. The van der Waals surface area contributed by atoms with E-state index in [1.807, 2.05) is 24.3 Å². The molecule has 236 valence electrons. The van der Waals surface area contributed by atoms with E-state index in [1.165, 1.54) is 0 Å². The predicted octanol–water partition coefficient (Wildman–Crippen LogP) is 6.28. The third-order valence-electron chi connectivity index (χ3n) is 10.3. The molecule has 2 atom stereocenters. The van der Waals surface area contributed by atoms with Crippen molar-refractivity contribution in [3.8, 4) is 11.8 Å². The molecule has 3 saturated heterocycles. The normalized spacial score (nSPS) is 22.7. The Bertz CT molecular complexity index is 1640. The number of hydrogen-bond donors (Lipinski definition) is 0. The van der Waals surface area contributed by atoms with Crippen LogP contribution >= 0.6 is 11.6 Å². The number of anilines is 1. The Labute approximate surface area is 274 Å². The van der Waals surface area contributed by atoms with Gasteiger partial charge in [-0.25, -0.2) is 0 Å². The third-order valence-corrected chi connectivity index (χ3v) is 10.7. The molecule has 4 heterocycles. The molecule has 0 aromatic heterocycles. The second kappa shape index (κ2) is 12.9. The Morgan fingerprint density at radius 2 is 1.52 bits per heavy atom. The van der Waals surface area contributed by atoms with Crippen LogP contribution in [0.5, 0.6) is 5.75 Å². The maximum atomic E-state index is 13.7. The molecule has 0 N–H and O–H groups in total. The fraction of sp³-hybridized carbons (Fsp3) is 0.405. The topological polar surface area (TPSA) is 93.9 Å². The van der Waals surface area contributed by atoms with Crippen molar-refractivity contribution in [1.82, 2.24) is 9.80 Å². The van der Waals surface area contributed by atoms with Crippen LogP contribution in [0.15, 0.2) is 54.6 Å². The number of hydrogen-bond acceptors (Lipinski definition) is 7. The average molecular weight is 637 g/mol. The largest absolute Gasteiger partial charge is 0.490 e. The number of benzene rings is 3.